The minimum atomic E-state index is -0.353. The number of halogens is 1. The van der Waals surface area contributed by atoms with Crippen LogP contribution in [0.15, 0.2) is 41.1 Å². The fourth-order valence-corrected chi connectivity index (χ4v) is 2.22. The van der Waals surface area contributed by atoms with E-state index in [4.69, 9.17) is 21.9 Å². The summed E-state index contributed by atoms with van der Waals surface area (Å²) in [4.78, 5) is 8.54. The van der Waals surface area contributed by atoms with Gasteiger partial charge in [-0.25, -0.2) is 5.43 Å². The average molecular weight is 289 g/mol. The molecule has 3 rings (SSSR count). The normalized spacial score (nSPS) is 12.8. The molecule has 0 radical (unpaired) electrons. The Labute approximate surface area is 120 Å². The van der Waals surface area contributed by atoms with Crippen molar-refractivity contribution in [3.8, 4) is 0 Å². The molecule has 0 aliphatic rings. The van der Waals surface area contributed by atoms with Gasteiger partial charge >= 0.3 is 0 Å². The highest BCUT2D eigenvalue weighted by atomic mass is 35.5. The summed E-state index contributed by atoms with van der Waals surface area (Å²) in [6.07, 6.45) is 3.37. The number of aryl methyl sites for hydroxylation is 1. The standard InChI is InChI=1S/C14H13ClN4O/c1-8-6-18-11(7-17-8)14(19-16)13-5-9-4-10(15)2-3-12(9)20-13/h2-7,14,19H,16H2,1H3. The van der Waals surface area contributed by atoms with E-state index in [-0.39, 0.29) is 6.04 Å². The third-order valence-corrected chi connectivity index (χ3v) is 3.28. The second-order valence-corrected chi connectivity index (χ2v) is 4.95. The zero-order valence-electron chi connectivity index (χ0n) is 10.8. The first-order chi connectivity index (χ1) is 9.67. The topological polar surface area (TPSA) is 77.0 Å². The van der Waals surface area contributed by atoms with Crippen molar-refractivity contribution in [1.29, 1.82) is 0 Å². The second kappa shape index (κ2) is 5.20. The van der Waals surface area contributed by atoms with E-state index in [2.05, 4.69) is 15.4 Å². The minimum absolute atomic E-state index is 0.353. The van der Waals surface area contributed by atoms with Crippen LogP contribution in [-0.2, 0) is 0 Å². The molecular weight excluding hydrogens is 276 g/mol. The Hall–Kier alpha value is -1.95. The number of nitrogens with one attached hydrogen (secondary N) is 1. The van der Waals surface area contributed by atoms with Gasteiger partial charge in [0, 0.05) is 16.6 Å². The molecule has 0 fully saturated rings. The predicted molar refractivity (Wildman–Crippen MR) is 77.2 cm³/mol. The van der Waals surface area contributed by atoms with E-state index >= 15 is 0 Å². The van der Waals surface area contributed by atoms with Gasteiger partial charge in [0.1, 0.15) is 17.4 Å². The molecule has 1 unspecified atom stereocenters. The summed E-state index contributed by atoms with van der Waals surface area (Å²) in [5.74, 6) is 6.29. The van der Waals surface area contributed by atoms with Crippen molar-refractivity contribution in [2.45, 2.75) is 13.0 Å². The lowest BCUT2D eigenvalue weighted by Gasteiger charge is -2.12. The van der Waals surface area contributed by atoms with Crippen LogP contribution < -0.4 is 11.3 Å². The third-order valence-electron chi connectivity index (χ3n) is 3.05. The van der Waals surface area contributed by atoms with Crippen molar-refractivity contribution >= 4 is 22.6 Å². The maximum atomic E-state index is 5.97. The van der Waals surface area contributed by atoms with Crippen LogP contribution in [0, 0.1) is 6.92 Å². The van der Waals surface area contributed by atoms with Gasteiger partial charge in [-0.3, -0.25) is 15.8 Å². The van der Waals surface area contributed by atoms with E-state index in [1.165, 1.54) is 0 Å². The van der Waals surface area contributed by atoms with Crippen LogP contribution >= 0.6 is 11.6 Å². The average Bonchev–Trinajstić information content (AvgIpc) is 2.84. The Morgan fingerprint density at radius 2 is 2.10 bits per heavy atom. The number of hydrazine groups is 1. The molecule has 0 saturated carbocycles. The minimum Gasteiger partial charge on any atom is -0.459 e. The molecule has 3 aromatic rings. The van der Waals surface area contributed by atoms with Crippen LogP contribution in [0.4, 0.5) is 0 Å². The summed E-state index contributed by atoms with van der Waals surface area (Å²) >= 11 is 5.97. The lowest BCUT2D eigenvalue weighted by Crippen LogP contribution is -2.29. The number of aromatic nitrogens is 2. The molecule has 0 aliphatic heterocycles. The molecule has 2 aromatic heterocycles. The van der Waals surface area contributed by atoms with Gasteiger partial charge in [0.15, 0.2) is 0 Å². The molecule has 0 bridgehead atoms. The maximum Gasteiger partial charge on any atom is 0.134 e. The predicted octanol–water partition coefficient (Wildman–Crippen LogP) is 2.74. The van der Waals surface area contributed by atoms with E-state index in [0.29, 0.717) is 16.5 Å². The fraction of sp³-hybridized carbons (Fsp3) is 0.143. The molecule has 3 N–H and O–H groups in total. The first kappa shape index (κ1) is 13.1. The number of nitrogens with zero attached hydrogens (tertiary/aromatic N) is 2. The monoisotopic (exact) mass is 288 g/mol. The van der Waals surface area contributed by atoms with Crippen molar-refractivity contribution in [1.82, 2.24) is 15.4 Å². The van der Waals surface area contributed by atoms with E-state index in [1.54, 1.807) is 18.5 Å². The van der Waals surface area contributed by atoms with E-state index in [0.717, 1.165) is 16.7 Å². The molecule has 0 aliphatic carbocycles. The molecule has 2 heterocycles. The number of hydrogen-bond donors (Lipinski definition) is 2. The van der Waals surface area contributed by atoms with Crippen molar-refractivity contribution in [2.24, 2.45) is 5.84 Å². The second-order valence-electron chi connectivity index (χ2n) is 4.51. The number of benzene rings is 1. The van der Waals surface area contributed by atoms with Gasteiger partial charge in [-0.2, -0.15) is 0 Å². The summed E-state index contributed by atoms with van der Waals surface area (Å²) in [7, 11) is 0. The zero-order chi connectivity index (χ0) is 14.1. The Balaban J connectivity index is 2.04. The number of fused-ring (bicyclic) bond motifs is 1. The van der Waals surface area contributed by atoms with Crippen LogP contribution in [0.2, 0.25) is 5.02 Å². The highest BCUT2D eigenvalue weighted by molar-refractivity contribution is 6.31. The van der Waals surface area contributed by atoms with Crippen molar-refractivity contribution in [3.05, 3.63) is 58.8 Å². The van der Waals surface area contributed by atoms with Gasteiger partial charge in [-0.05, 0) is 31.2 Å². The molecule has 6 heteroatoms. The van der Waals surface area contributed by atoms with E-state index < -0.39 is 0 Å². The molecule has 0 spiro atoms. The molecular formula is C14H13ClN4O. The Morgan fingerprint density at radius 3 is 2.80 bits per heavy atom. The summed E-state index contributed by atoms with van der Waals surface area (Å²) < 4.78 is 5.79. The molecule has 0 amide bonds. The Bertz CT molecular complexity index is 739. The summed E-state index contributed by atoms with van der Waals surface area (Å²) in [5, 5.41) is 1.59. The van der Waals surface area contributed by atoms with E-state index in [9.17, 15) is 0 Å². The third kappa shape index (κ3) is 2.38. The summed E-state index contributed by atoms with van der Waals surface area (Å²) in [6.45, 7) is 1.88. The van der Waals surface area contributed by atoms with Gasteiger partial charge in [-0.1, -0.05) is 11.6 Å². The fourth-order valence-electron chi connectivity index (χ4n) is 2.04. The van der Waals surface area contributed by atoms with Gasteiger partial charge in [0.25, 0.3) is 0 Å². The highest BCUT2D eigenvalue weighted by Crippen LogP contribution is 2.28. The van der Waals surface area contributed by atoms with Gasteiger partial charge in [0.2, 0.25) is 0 Å². The van der Waals surface area contributed by atoms with E-state index in [1.807, 2.05) is 25.1 Å². The lowest BCUT2D eigenvalue weighted by atomic mass is 10.1. The lowest BCUT2D eigenvalue weighted by molar-refractivity contribution is 0.470. The smallest absolute Gasteiger partial charge is 0.134 e. The molecule has 20 heavy (non-hydrogen) atoms. The molecule has 5 nitrogen and oxygen atoms in total. The molecule has 1 atom stereocenters. The highest BCUT2D eigenvalue weighted by Gasteiger charge is 2.19. The number of furan rings is 1. The van der Waals surface area contributed by atoms with Crippen LogP contribution in [-0.4, -0.2) is 9.97 Å². The largest absolute Gasteiger partial charge is 0.459 e. The van der Waals surface area contributed by atoms with Gasteiger partial charge in [-0.15, -0.1) is 0 Å². The SMILES string of the molecule is Cc1cnc(C(NN)c2cc3cc(Cl)ccc3o2)cn1. The van der Waals surface area contributed by atoms with Crippen LogP contribution in [0.5, 0.6) is 0 Å². The zero-order valence-corrected chi connectivity index (χ0v) is 11.6. The number of hydrogen-bond acceptors (Lipinski definition) is 5. The van der Waals surface area contributed by atoms with Crippen molar-refractivity contribution in [2.75, 3.05) is 0 Å². The van der Waals surface area contributed by atoms with Crippen LogP contribution in [0.1, 0.15) is 23.2 Å². The van der Waals surface area contributed by atoms with Gasteiger partial charge < -0.3 is 4.42 Å². The summed E-state index contributed by atoms with van der Waals surface area (Å²) in [5.41, 5.74) is 5.00. The van der Waals surface area contributed by atoms with Crippen molar-refractivity contribution < 1.29 is 4.42 Å². The first-order valence-electron chi connectivity index (χ1n) is 6.11. The number of rotatable bonds is 3. The quantitative estimate of drug-likeness (QED) is 0.572. The van der Waals surface area contributed by atoms with Crippen LogP contribution in [0.3, 0.4) is 0 Å². The summed E-state index contributed by atoms with van der Waals surface area (Å²) in [6, 6.07) is 7.00. The first-order valence-corrected chi connectivity index (χ1v) is 6.49. The van der Waals surface area contributed by atoms with Gasteiger partial charge in [0.05, 0.1) is 17.6 Å². The van der Waals surface area contributed by atoms with Crippen molar-refractivity contribution in [3.63, 3.8) is 0 Å². The van der Waals surface area contributed by atoms with Crippen LogP contribution in [0.25, 0.3) is 11.0 Å². The Kier molecular flexibility index (Phi) is 3.40. The number of nitrogens with two attached hydrogens (primary N) is 1. The molecule has 102 valence electrons. The Morgan fingerprint density at radius 1 is 1.25 bits per heavy atom. The molecule has 1 aromatic carbocycles. The maximum absolute atomic E-state index is 5.97. The molecule has 0 saturated heterocycles.